The van der Waals surface area contributed by atoms with Crippen LogP contribution in [0.3, 0.4) is 0 Å². The van der Waals surface area contributed by atoms with Gasteiger partial charge < -0.3 is 20.0 Å². The van der Waals surface area contributed by atoms with Gasteiger partial charge in [0, 0.05) is 65.4 Å². The molecule has 2 saturated heterocycles. The van der Waals surface area contributed by atoms with E-state index in [0.29, 0.717) is 26.2 Å². The first kappa shape index (κ1) is 27.7. The maximum absolute atomic E-state index is 12.9. The zero-order valence-electron chi connectivity index (χ0n) is 18.8. The van der Waals surface area contributed by atoms with Gasteiger partial charge >= 0.3 is 6.18 Å². The Hall–Kier alpha value is -0.330. The summed E-state index contributed by atoms with van der Waals surface area (Å²) in [5, 5.41) is 3.30. The predicted molar refractivity (Wildman–Crippen MR) is 128 cm³/mol. The van der Waals surface area contributed by atoms with Gasteiger partial charge in [0.05, 0.1) is 0 Å². The molecule has 0 spiro atoms. The predicted octanol–water partition coefficient (Wildman–Crippen LogP) is 2.56. The summed E-state index contributed by atoms with van der Waals surface area (Å²) >= 11 is 0. The molecule has 0 aromatic heterocycles. The van der Waals surface area contributed by atoms with E-state index in [1.807, 2.05) is 6.92 Å². The molecule has 0 radical (unpaired) electrons. The van der Waals surface area contributed by atoms with E-state index in [0.717, 1.165) is 71.2 Å². The first-order valence-electron chi connectivity index (χ1n) is 11.1. The van der Waals surface area contributed by atoms with Gasteiger partial charge in [-0.3, -0.25) is 9.89 Å². The van der Waals surface area contributed by atoms with E-state index >= 15 is 0 Å². The third-order valence-corrected chi connectivity index (χ3v) is 6.03. The van der Waals surface area contributed by atoms with Gasteiger partial charge in [0.1, 0.15) is 6.04 Å². The van der Waals surface area contributed by atoms with Crippen molar-refractivity contribution in [3.8, 4) is 0 Å². The Morgan fingerprint density at radius 1 is 0.933 bits per heavy atom. The second kappa shape index (κ2) is 13.9. The standard InChI is InChI=1S/C20H39F3N6.HI/c1-4-24-19(29-16-14-28(15-17-29)18(3)20(21,22)23)25-8-6-7-9-27-12-10-26(5-2)11-13-27;/h18H,4-17H2,1-3H3,(H,24,25);1H. The van der Waals surface area contributed by atoms with Crippen molar-refractivity contribution in [1.29, 1.82) is 0 Å². The Kier molecular flexibility index (Phi) is 12.9. The van der Waals surface area contributed by atoms with Gasteiger partial charge in [-0.15, -0.1) is 24.0 Å². The van der Waals surface area contributed by atoms with Crippen LogP contribution in [0.15, 0.2) is 4.99 Å². The maximum atomic E-state index is 12.9. The van der Waals surface area contributed by atoms with Crippen LogP contribution < -0.4 is 5.32 Å². The average Bonchev–Trinajstić information content (AvgIpc) is 2.72. The minimum absolute atomic E-state index is 0. The van der Waals surface area contributed by atoms with E-state index in [-0.39, 0.29) is 24.0 Å². The van der Waals surface area contributed by atoms with Crippen molar-refractivity contribution >= 4 is 29.9 Å². The Labute approximate surface area is 197 Å². The van der Waals surface area contributed by atoms with E-state index < -0.39 is 12.2 Å². The molecule has 0 aromatic rings. The number of halogens is 4. The summed E-state index contributed by atoms with van der Waals surface area (Å²) in [4.78, 5) is 13.3. The molecular weight excluding hydrogens is 508 g/mol. The molecule has 1 N–H and O–H groups in total. The molecule has 2 heterocycles. The zero-order valence-corrected chi connectivity index (χ0v) is 21.1. The Morgan fingerprint density at radius 3 is 2.07 bits per heavy atom. The summed E-state index contributed by atoms with van der Waals surface area (Å²) in [5.41, 5.74) is 0. The van der Waals surface area contributed by atoms with Crippen molar-refractivity contribution in [2.75, 3.05) is 78.5 Å². The Balaban J connectivity index is 0.00000450. The molecule has 0 bridgehead atoms. The third kappa shape index (κ3) is 9.04. The van der Waals surface area contributed by atoms with Crippen molar-refractivity contribution in [3.05, 3.63) is 0 Å². The summed E-state index contributed by atoms with van der Waals surface area (Å²) in [6, 6.07) is -1.39. The second-order valence-corrected chi connectivity index (χ2v) is 7.96. The first-order chi connectivity index (χ1) is 13.8. The van der Waals surface area contributed by atoms with Crippen LogP contribution in [-0.4, -0.2) is 116 Å². The fraction of sp³-hybridized carbons (Fsp3) is 0.950. The fourth-order valence-corrected chi connectivity index (χ4v) is 3.92. The van der Waals surface area contributed by atoms with Crippen molar-refractivity contribution in [2.45, 2.75) is 45.8 Å². The number of unbranched alkanes of at least 4 members (excludes halogenated alkanes) is 1. The molecule has 0 aliphatic carbocycles. The van der Waals surface area contributed by atoms with Crippen molar-refractivity contribution in [3.63, 3.8) is 0 Å². The van der Waals surface area contributed by atoms with Crippen LogP contribution in [0, 0.1) is 0 Å². The van der Waals surface area contributed by atoms with Gasteiger partial charge in [0.15, 0.2) is 5.96 Å². The monoisotopic (exact) mass is 548 g/mol. The third-order valence-electron chi connectivity index (χ3n) is 6.03. The lowest BCUT2D eigenvalue weighted by Gasteiger charge is -2.39. The molecule has 2 aliphatic rings. The highest BCUT2D eigenvalue weighted by Gasteiger charge is 2.41. The van der Waals surface area contributed by atoms with E-state index in [2.05, 4.69) is 26.9 Å². The van der Waals surface area contributed by atoms with Crippen LogP contribution >= 0.6 is 24.0 Å². The molecule has 0 aromatic carbocycles. The number of piperazine rings is 2. The number of hydrogen-bond acceptors (Lipinski definition) is 4. The minimum atomic E-state index is -4.16. The second-order valence-electron chi connectivity index (χ2n) is 7.96. The lowest BCUT2D eigenvalue weighted by atomic mass is 10.2. The fourth-order valence-electron chi connectivity index (χ4n) is 3.92. The minimum Gasteiger partial charge on any atom is -0.357 e. The van der Waals surface area contributed by atoms with Gasteiger partial charge in [-0.2, -0.15) is 13.2 Å². The summed E-state index contributed by atoms with van der Waals surface area (Å²) in [7, 11) is 0. The van der Waals surface area contributed by atoms with Gasteiger partial charge in [0.2, 0.25) is 0 Å². The lowest BCUT2D eigenvalue weighted by Crippen LogP contribution is -2.56. The summed E-state index contributed by atoms with van der Waals surface area (Å²) in [6.45, 7) is 15.9. The Morgan fingerprint density at radius 2 is 1.53 bits per heavy atom. The van der Waals surface area contributed by atoms with Crippen LogP contribution in [0.5, 0.6) is 0 Å². The molecule has 10 heteroatoms. The van der Waals surface area contributed by atoms with Crippen molar-refractivity contribution < 1.29 is 13.2 Å². The highest BCUT2D eigenvalue weighted by molar-refractivity contribution is 14.0. The molecule has 178 valence electrons. The SMILES string of the molecule is CCNC(=NCCCCN1CCN(CC)CC1)N1CCN(C(C)C(F)(F)F)CC1.I. The van der Waals surface area contributed by atoms with E-state index in [9.17, 15) is 13.2 Å². The average molecular weight is 548 g/mol. The topological polar surface area (TPSA) is 37.4 Å². The normalized spacial score (nSPS) is 21.4. The van der Waals surface area contributed by atoms with Gasteiger partial charge in [0.25, 0.3) is 0 Å². The largest absolute Gasteiger partial charge is 0.403 e. The van der Waals surface area contributed by atoms with Gasteiger partial charge in [-0.1, -0.05) is 6.92 Å². The number of guanidine groups is 1. The number of nitrogens with one attached hydrogen (secondary N) is 1. The summed E-state index contributed by atoms with van der Waals surface area (Å²) < 4.78 is 38.8. The Bertz CT molecular complexity index is 489. The van der Waals surface area contributed by atoms with E-state index in [1.165, 1.54) is 11.8 Å². The van der Waals surface area contributed by atoms with Gasteiger partial charge in [-0.05, 0) is 39.8 Å². The number of rotatable bonds is 8. The number of alkyl halides is 3. The number of nitrogens with zero attached hydrogens (tertiary/aromatic N) is 5. The van der Waals surface area contributed by atoms with Crippen molar-refractivity contribution in [2.24, 2.45) is 4.99 Å². The highest BCUT2D eigenvalue weighted by Crippen LogP contribution is 2.25. The molecule has 30 heavy (non-hydrogen) atoms. The molecular formula is C20H40F3IN6. The zero-order chi connectivity index (χ0) is 21.3. The van der Waals surface area contributed by atoms with E-state index in [1.54, 1.807) is 0 Å². The molecule has 1 unspecified atom stereocenters. The van der Waals surface area contributed by atoms with Crippen molar-refractivity contribution in [1.82, 2.24) is 24.9 Å². The van der Waals surface area contributed by atoms with Gasteiger partial charge in [-0.25, -0.2) is 0 Å². The van der Waals surface area contributed by atoms with Crippen LogP contribution in [0.1, 0.15) is 33.6 Å². The molecule has 1 atom stereocenters. The quantitative estimate of drug-likeness (QED) is 0.219. The lowest BCUT2D eigenvalue weighted by molar-refractivity contribution is -0.181. The summed E-state index contributed by atoms with van der Waals surface area (Å²) in [5.74, 6) is 0.836. The number of hydrogen-bond donors (Lipinski definition) is 1. The number of aliphatic imine (C=N–C) groups is 1. The molecule has 2 fully saturated rings. The molecule has 0 saturated carbocycles. The van der Waals surface area contributed by atoms with Crippen LogP contribution in [0.4, 0.5) is 13.2 Å². The molecule has 2 aliphatic heterocycles. The number of likely N-dealkylation sites (N-methyl/N-ethyl adjacent to an activating group) is 1. The van der Waals surface area contributed by atoms with Crippen LogP contribution in [0.25, 0.3) is 0 Å². The first-order valence-corrected chi connectivity index (χ1v) is 11.1. The molecule has 0 amide bonds. The molecule has 6 nitrogen and oxygen atoms in total. The van der Waals surface area contributed by atoms with E-state index in [4.69, 9.17) is 4.99 Å². The van der Waals surface area contributed by atoms with Crippen LogP contribution in [0.2, 0.25) is 0 Å². The summed E-state index contributed by atoms with van der Waals surface area (Å²) in [6.07, 6.45) is -2.00. The maximum Gasteiger partial charge on any atom is 0.403 e. The molecule has 2 rings (SSSR count). The smallest absolute Gasteiger partial charge is 0.357 e. The van der Waals surface area contributed by atoms with Crippen LogP contribution in [-0.2, 0) is 0 Å². The highest BCUT2D eigenvalue weighted by atomic mass is 127.